The Bertz CT molecular complexity index is 907. The number of hydrogen-bond acceptors (Lipinski definition) is 14. The van der Waals surface area contributed by atoms with Gasteiger partial charge in [-0.15, -0.1) is 0 Å². The summed E-state index contributed by atoms with van der Waals surface area (Å²) >= 11 is 0. The summed E-state index contributed by atoms with van der Waals surface area (Å²) in [6.07, 6.45) is -6.40. The Hall–Kier alpha value is -3.18. The van der Waals surface area contributed by atoms with Crippen molar-refractivity contribution in [3.8, 4) is 5.75 Å². The van der Waals surface area contributed by atoms with E-state index in [1.807, 2.05) is 0 Å². The van der Waals surface area contributed by atoms with Gasteiger partial charge in [0.25, 0.3) is 5.69 Å². The fraction of sp³-hybridized carbons (Fsp3) is 0.565. The zero-order chi connectivity index (χ0) is 28.7. The highest BCUT2D eigenvalue weighted by Gasteiger charge is 2.29. The molecule has 216 valence electrons. The highest BCUT2D eigenvalue weighted by molar-refractivity contribution is 5.35. The van der Waals surface area contributed by atoms with Gasteiger partial charge in [0, 0.05) is 31.6 Å². The smallest absolute Gasteiger partial charge is 0.269 e. The molecule has 0 aliphatic carbocycles. The van der Waals surface area contributed by atoms with Crippen LogP contribution in [0.2, 0.25) is 0 Å². The van der Waals surface area contributed by atoms with E-state index in [4.69, 9.17) is 25.1 Å². The van der Waals surface area contributed by atoms with E-state index in [0.717, 1.165) is 6.42 Å². The maximum absolute atomic E-state index is 10.8. The molecule has 0 heterocycles. The monoisotopic (exact) mass is 548 g/mol. The molecule has 0 radical (unpaired) electrons. The van der Waals surface area contributed by atoms with Gasteiger partial charge >= 0.3 is 0 Å². The van der Waals surface area contributed by atoms with Crippen molar-refractivity contribution in [2.75, 3.05) is 26.4 Å². The van der Waals surface area contributed by atoms with Crippen LogP contribution in [-0.4, -0.2) is 96.9 Å². The van der Waals surface area contributed by atoms with E-state index >= 15 is 0 Å². The average Bonchev–Trinajstić information content (AvgIpc) is 2.90. The summed E-state index contributed by atoms with van der Waals surface area (Å²) in [5.74, 6) is -4.16. The zero-order valence-corrected chi connectivity index (χ0v) is 20.6. The van der Waals surface area contributed by atoms with Crippen LogP contribution in [0.25, 0.3) is 0 Å². The van der Waals surface area contributed by atoms with Crippen LogP contribution < -0.4 is 10.5 Å². The molecule has 10 N–H and O–H groups in total. The largest absolute Gasteiger partial charge is 0.506 e. The fourth-order valence-electron chi connectivity index (χ4n) is 2.98. The molecule has 1 aromatic carbocycles. The second-order valence-corrected chi connectivity index (χ2v) is 8.01. The van der Waals surface area contributed by atoms with Gasteiger partial charge in [0.2, 0.25) is 12.6 Å². The molecule has 0 saturated carbocycles. The molecule has 0 fully saturated rings. The maximum Gasteiger partial charge on any atom is 0.269 e. The van der Waals surface area contributed by atoms with E-state index in [2.05, 4.69) is 0 Å². The van der Waals surface area contributed by atoms with Crippen LogP contribution in [0, 0.1) is 10.1 Å². The minimum Gasteiger partial charge on any atom is -0.506 e. The normalized spacial score (nSPS) is 16.1. The number of nitrogens with zero attached hydrogens (tertiary/aromatic N) is 1. The number of nitro groups is 1. The third kappa shape index (κ3) is 11.1. The molecule has 0 spiro atoms. The first-order valence-corrected chi connectivity index (χ1v) is 11.8. The molecular weight excluding hydrogens is 512 g/mol. The maximum atomic E-state index is 10.8. The molecule has 0 unspecified atom stereocenters. The van der Waals surface area contributed by atoms with Crippen molar-refractivity contribution < 1.29 is 60.0 Å². The standard InChI is InChI=1S/C23H36N2O13/c24-10-2-1-3-12-37-22(32)21(31)19(29)17(38-23(33)20(30)18(28)16(27)8-11-26)9-13-36-15-6-4-14(5-7-15)25(34)35/h4-7,16-17,22-23,26-33H,1-3,8-13,24H2/b20-18-,21-19-/t16-,17+,22-,23-/m0/s1. The average molecular weight is 549 g/mol. The zero-order valence-electron chi connectivity index (χ0n) is 20.6. The van der Waals surface area contributed by atoms with Crippen LogP contribution in [0.1, 0.15) is 32.1 Å². The number of aliphatic hydroxyl groups excluding tert-OH is 8. The lowest BCUT2D eigenvalue weighted by Gasteiger charge is -2.23. The van der Waals surface area contributed by atoms with Crippen molar-refractivity contribution in [1.82, 2.24) is 0 Å². The minimum absolute atomic E-state index is 0.0239. The molecule has 15 heteroatoms. The summed E-state index contributed by atoms with van der Waals surface area (Å²) in [4.78, 5) is 10.2. The van der Waals surface area contributed by atoms with Crippen LogP contribution in [0.15, 0.2) is 47.3 Å². The number of hydrogen-bond donors (Lipinski definition) is 9. The molecule has 15 nitrogen and oxygen atoms in total. The van der Waals surface area contributed by atoms with Gasteiger partial charge in [-0.2, -0.15) is 0 Å². The Kier molecular flexibility index (Phi) is 15.0. The highest BCUT2D eigenvalue weighted by Crippen LogP contribution is 2.22. The van der Waals surface area contributed by atoms with Crippen molar-refractivity contribution in [3.05, 3.63) is 57.4 Å². The first-order chi connectivity index (χ1) is 18.0. The molecule has 0 aliphatic rings. The molecule has 0 saturated heterocycles. The number of rotatable bonds is 19. The number of nitrogens with two attached hydrogens (primary N) is 1. The Labute approximate surface area is 218 Å². The lowest BCUT2D eigenvalue weighted by molar-refractivity contribution is -0.384. The molecule has 4 atom stereocenters. The summed E-state index contributed by atoms with van der Waals surface area (Å²) in [6, 6.07) is 5.02. The number of nitro benzene ring substituents is 1. The van der Waals surface area contributed by atoms with Gasteiger partial charge in [-0.25, -0.2) is 0 Å². The molecule has 1 rings (SSSR count). The Morgan fingerprint density at radius 1 is 0.868 bits per heavy atom. The Morgan fingerprint density at radius 3 is 2.08 bits per heavy atom. The topological polar surface area (TPSA) is 259 Å². The van der Waals surface area contributed by atoms with Crippen molar-refractivity contribution in [3.63, 3.8) is 0 Å². The van der Waals surface area contributed by atoms with E-state index < -0.39 is 59.4 Å². The second kappa shape index (κ2) is 17.4. The molecule has 1 aromatic rings. The van der Waals surface area contributed by atoms with E-state index in [1.54, 1.807) is 0 Å². The Balaban J connectivity index is 3.01. The first kappa shape index (κ1) is 32.8. The number of ether oxygens (including phenoxy) is 3. The van der Waals surface area contributed by atoms with Gasteiger partial charge in [-0.3, -0.25) is 10.1 Å². The fourth-order valence-corrected chi connectivity index (χ4v) is 2.98. The Morgan fingerprint density at radius 2 is 1.50 bits per heavy atom. The lowest BCUT2D eigenvalue weighted by Crippen LogP contribution is -2.31. The molecular formula is C23H36N2O13. The number of non-ortho nitro benzene ring substituents is 1. The number of benzene rings is 1. The molecule has 38 heavy (non-hydrogen) atoms. The quantitative estimate of drug-likeness (QED) is 0.0383. The van der Waals surface area contributed by atoms with Gasteiger partial charge in [0.05, 0.1) is 18.1 Å². The SMILES string of the molecule is NCCCCCO[C@H](O)/C(O)=C(/O)[C@@H](CCOc1ccc([N+](=O)[O-])cc1)O[C@H](O)/C(O)=C(/O)[C@@H](O)CCO. The summed E-state index contributed by atoms with van der Waals surface area (Å²) in [6.45, 7) is -0.298. The van der Waals surface area contributed by atoms with Gasteiger partial charge in [0.1, 0.15) is 18.0 Å². The summed E-state index contributed by atoms with van der Waals surface area (Å²) in [5.41, 5.74) is 5.22. The number of aliphatic hydroxyl groups is 8. The van der Waals surface area contributed by atoms with Gasteiger partial charge in [0.15, 0.2) is 23.0 Å². The summed E-state index contributed by atoms with van der Waals surface area (Å²) in [5, 5.41) is 90.2. The van der Waals surface area contributed by atoms with E-state index in [1.165, 1.54) is 24.3 Å². The van der Waals surface area contributed by atoms with Crippen molar-refractivity contribution in [1.29, 1.82) is 0 Å². The van der Waals surface area contributed by atoms with Crippen molar-refractivity contribution in [2.45, 2.75) is 56.9 Å². The molecule has 0 aromatic heterocycles. The third-order valence-corrected chi connectivity index (χ3v) is 5.13. The van der Waals surface area contributed by atoms with Crippen LogP contribution in [0.4, 0.5) is 5.69 Å². The van der Waals surface area contributed by atoms with Crippen LogP contribution in [0.5, 0.6) is 5.75 Å². The van der Waals surface area contributed by atoms with Gasteiger partial charge < -0.3 is 60.8 Å². The molecule has 0 amide bonds. The predicted molar refractivity (Wildman–Crippen MR) is 131 cm³/mol. The van der Waals surface area contributed by atoms with Crippen LogP contribution in [0.3, 0.4) is 0 Å². The lowest BCUT2D eigenvalue weighted by atomic mass is 10.1. The number of unbranched alkanes of at least 4 members (excludes halogenated alkanes) is 2. The van der Waals surface area contributed by atoms with Crippen LogP contribution in [-0.2, 0) is 9.47 Å². The van der Waals surface area contributed by atoms with E-state index in [0.29, 0.717) is 19.4 Å². The summed E-state index contributed by atoms with van der Waals surface area (Å²) in [7, 11) is 0. The van der Waals surface area contributed by atoms with Gasteiger partial charge in [-0.05, 0) is 37.9 Å². The van der Waals surface area contributed by atoms with Crippen molar-refractivity contribution in [2.24, 2.45) is 5.73 Å². The highest BCUT2D eigenvalue weighted by atomic mass is 16.6. The van der Waals surface area contributed by atoms with E-state index in [9.17, 15) is 45.9 Å². The molecule has 0 bridgehead atoms. The molecule has 0 aliphatic heterocycles. The van der Waals surface area contributed by atoms with E-state index in [-0.39, 0.29) is 37.5 Å². The predicted octanol–water partition coefficient (Wildman–Crippen LogP) is 0.930. The van der Waals surface area contributed by atoms with Gasteiger partial charge in [-0.1, -0.05) is 0 Å². The van der Waals surface area contributed by atoms with Crippen LogP contribution >= 0.6 is 0 Å². The third-order valence-electron chi connectivity index (χ3n) is 5.13. The minimum atomic E-state index is -2.32. The second-order valence-electron chi connectivity index (χ2n) is 8.01. The van der Waals surface area contributed by atoms with Crippen molar-refractivity contribution >= 4 is 5.69 Å². The first-order valence-electron chi connectivity index (χ1n) is 11.8. The summed E-state index contributed by atoms with van der Waals surface area (Å²) < 4.78 is 15.6.